The van der Waals surface area contributed by atoms with Crippen molar-refractivity contribution in [3.63, 3.8) is 0 Å². The van der Waals surface area contributed by atoms with Crippen molar-refractivity contribution in [1.29, 1.82) is 0 Å². The lowest BCUT2D eigenvalue weighted by atomic mass is 10.1. The molecule has 0 amide bonds. The summed E-state index contributed by atoms with van der Waals surface area (Å²) < 4.78 is 17.5. The lowest BCUT2D eigenvalue weighted by Crippen LogP contribution is -2.06. The maximum Gasteiger partial charge on any atom is 0.309 e. The van der Waals surface area contributed by atoms with Crippen LogP contribution in [0.5, 0.6) is 0 Å². The van der Waals surface area contributed by atoms with E-state index >= 15 is 0 Å². The normalized spacial score (nSPS) is 9.80. The summed E-state index contributed by atoms with van der Waals surface area (Å²) in [6, 6.07) is 3.84. The van der Waals surface area contributed by atoms with Crippen LogP contribution in [0.3, 0.4) is 0 Å². The number of rotatable bonds is 3. The molecule has 0 spiro atoms. The zero-order valence-electron chi connectivity index (χ0n) is 8.54. The van der Waals surface area contributed by atoms with Crippen LogP contribution in [-0.2, 0) is 16.0 Å². The van der Waals surface area contributed by atoms with Gasteiger partial charge in [-0.05, 0) is 30.7 Å². The predicted molar refractivity (Wildman–Crippen MR) is 52.1 cm³/mol. The number of esters is 1. The van der Waals surface area contributed by atoms with Crippen molar-refractivity contribution in [2.75, 3.05) is 7.11 Å². The van der Waals surface area contributed by atoms with Crippen molar-refractivity contribution in [2.45, 2.75) is 13.3 Å². The third kappa shape index (κ3) is 3.16. The fourth-order valence-electron chi connectivity index (χ4n) is 1.19. The Labute approximate surface area is 86.9 Å². The Morgan fingerprint density at radius 3 is 2.53 bits per heavy atom. The molecular weight excluding hydrogens is 199 g/mol. The fraction of sp³-hybridized carbons (Fsp3) is 0.273. The Hall–Kier alpha value is -1.71. The highest BCUT2D eigenvalue weighted by Gasteiger charge is 2.08. The molecule has 0 heterocycles. The van der Waals surface area contributed by atoms with Gasteiger partial charge in [-0.2, -0.15) is 0 Å². The molecule has 0 aromatic heterocycles. The first kappa shape index (κ1) is 11.4. The Kier molecular flexibility index (Phi) is 3.55. The van der Waals surface area contributed by atoms with Crippen LogP contribution in [0.2, 0.25) is 0 Å². The number of carbonyl (C=O) groups is 2. The van der Waals surface area contributed by atoms with Gasteiger partial charge in [0.1, 0.15) is 5.82 Å². The van der Waals surface area contributed by atoms with Gasteiger partial charge in [0.2, 0.25) is 0 Å². The standard InChI is InChI=1S/C11H11FO3/c1-7(13)9-3-8(4-10(12)6-9)5-11(14)15-2/h3-4,6H,5H2,1-2H3. The van der Waals surface area contributed by atoms with Gasteiger partial charge in [0.15, 0.2) is 5.78 Å². The van der Waals surface area contributed by atoms with Gasteiger partial charge in [0, 0.05) is 5.56 Å². The second kappa shape index (κ2) is 4.68. The lowest BCUT2D eigenvalue weighted by molar-refractivity contribution is -0.139. The summed E-state index contributed by atoms with van der Waals surface area (Å²) in [6.45, 7) is 1.34. The number of benzene rings is 1. The Balaban J connectivity index is 2.98. The lowest BCUT2D eigenvalue weighted by Gasteiger charge is -2.02. The van der Waals surface area contributed by atoms with Crippen molar-refractivity contribution < 1.29 is 18.7 Å². The molecule has 0 radical (unpaired) electrons. The van der Waals surface area contributed by atoms with E-state index in [2.05, 4.69) is 4.74 Å². The minimum atomic E-state index is -0.526. The minimum Gasteiger partial charge on any atom is -0.469 e. The van der Waals surface area contributed by atoms with E-state index in [0.717, 1.165) is 6.07 Å². The molecule has 0 unspecified atom stereocenters. The maximum atomic E-state index is 13.0. The third-order valence-corrected chi connectivity index (χ3v) is 1.94. The highest BCUT2D eigenvalue weighted by molar-refractivity contribution is 5.94. The molecule has 0 N–H and O–H groups in total. The number of carbonyl (C=O) groups excluding carboxylic acids is 2. The van der Waals surface area contributed by atoms with Crippen LogP contribution >= 0.6 is 0 Å². The number of hydrogen-bond acceptors (Lipinski definition) is 3. The van der Waals surface area contributed by atoms with Crippen LogP contribution in [0, 0.1) is 5.82 Å². The molecule has 4 heteroatoms. The number of ether oxygens (including phenoxy) is 1. The molecule has 0 aliphatic rings. The van der Waals surface area contributed by atoms with Gasteiger partial charge in [0.25, 0.3) is 0 Å². The van der Waals surface area contributed by atoms with Gasteiger partial charge >= 0.3 is 5.97 Å². The number of hydrogen-bond donors (Lipinski definition) is 0. The van der Waals surface area contributed by atoms with E-state index in [-0.39, 0.29) is 17.8 Å². The Bertz CT molecular complexity index is 399. The van der Waals surface area contributed by atoms with Crippen LogP contribution < -0.4 is 0 Å². The first-order chi connectivity index (χ1) is 7.02. The van der Waals surface area contributed by atoms with E-state index in [1.807, 2.05) is 0 Å². The summed E-state index contributed by atoms with van der Waals surface area (Å²) in [5.74, 6) is -1.22. The Morgan fingerprint density at radius 2 is 2.00 bits per heavy atom. The molecule has 80 valence electrons. The highest BCUT2D eigenvalue weighted by atomic mass is 19.1. The molecule has 0 bridgehead atoms. The van der Waals surface area contributed by atoms with Gasteiger partial charge < -0.3 is 4.74 Å². The molecule has 0 atom stereocenters. The largest absolute Gasteiger partial charge is 0.469 e. The molecule has 1 aromatic carbocycles. The molecule has 0 saturated heterocycles. The van der Waals surface area contributed by atoms with Crippen molar-refractivity contribution in [2.24, 2.45) is 0 Å². The van der Waals surface area contributed by atoms with Gasteiger partial charge in [0.05, 0.1) is 13.5 Å². The fourth-order valence-corrected chi connectivity index (χ4v) is 1.19. The summed E-state index contributed by atoms with van der Waals surface area (Å²) in [5, 5.41) is 0. The van der Waals surface area contributed by atoms with Gasteiger partial charge in [-0.1, -0.05) is 0 Å². The van der Waals surface area contributed by atoms with Gasteiger partial charge in [-0.25, -0.2) is 4.39 Å². The van der Waals surface area contributed by atoms with E-state index in [9.17, 15) is 14.0 Å². The zero-order chi connectivity index (χ0) is 11.4. The Morgan fingerprint density at radius 1 is 1.33 bits per heavy atom. The number of halogens is 1. The molecule has 0 saturated carbocycles. The smallest absolute Gasteiger partial charge is 0.309 e. The average molecular weight is 210 g/mol. The van der Waals surface area contributed by atoms with Crippen molar-refractivity contribution in [1.82, 2.24) is 0 Å². The van der Waals surface area contributed by atoms with Crippen molar-refractivity contribution in [3.8, 4) is 0 Å². The first-order valence-corrected chi connectivity index (χ1v) is 4.40. The van der Waals surface area contributed by atoms with Crippen LogP contribution in [0.4, 0.5) is 4.39 Å². The molecule has 3 nitrogen and oxygen atoms in total. The maximum absolute atomic E-state index is 13.0. The van der Waals surface area contributed by atoms with E-state index in [0.29, 0.717) is 5.56 Å². The van der Waals surface area contributed by atoms with Crippen molar-refractivity contribution >= 4 is 11.8 Å². The van der Waals surface area contributed by atoms with Crippen LogP contribution in [0.15, 0.2) is 18.2 Å². The second-order valence-electron chi connectivity index (χ2n) is 3.16. The van der Waals surface area contributed by atoms with Crippen molar-refractivity contribution in [3.05, 3.63) is 35.1 Å². The first-order valence-electron chi connectivity index (χ1n) is 4.40. The molecule has 0 aliphatic carbocycles. The van der Waals surface area contributed by atoms with E-state index < -0.39 is 11.8 Å². The second-order valence-corrected chi connectivity index (χ2v) is 3.16. The van der Waals surface area contributed by atoms with E-state index in [4.69, 9.17) is 0 Å². The summed E-state index contributed by atoms with van der Waals surface area (Å²) >= 11 is 0. The number of ketones is 1. The minimum absolute atomic E-state index is 0.0332. The summed E-state index contributed by atoms with van der Waals surface area (Å²) in [6.07, 6.45) is -0.0332. The zero-order valence-corrected chi connectivity index (χ0v) is 8.54. The summed E-state index contributed by atoms with van der Waals surface area (Å²) in [7, 11) is 1.26. The van der Waals surface area contributed by atoms with Gasteiger partial charge in [-0.3, -0.25) is 9.59 Å². The highest BCUT2D eigenvalue weighted by Crippen LogP contribution is 2.11. The molecule has 15 heavy (non-hydrogen) atoms. The SMILES string of the molecule is COC(=O)Cc1cc(F)cc(C(C)=O)c1. The summed E-state index contributed by atoms with van der Waals surface area (Å²) in [5.41, 5.74) is 0.695. The molecule has 0 fully saturated rings. The number of Topliss-reactive ketones (excluding diaryl/α,β-unsaturated/α-hetero) is 1. The topological polar surface area (TPSA) is 43.4 Å². The third-order valence-electron chi connectivity index (χ3n) is 1.94. The molecule has 1 aromatic rings. The van der Waals surface area contributed by atoms with Crippen LogP contribution in [0.25, 0.3) is 0 Å². The summed E-state index contributed by atoms with van der Waals surface area (Å²) in [4.78, 5) is 22.0. The van der Waals surface area contributed by atoms with Crippen LogP contribution in [-0.4, -0.2) is 18.9 Å². The number of methoxy groups -OCH3 is 1. The quantitative estimate of drug-likeness (QED) is 0.563. The average Bonchev–Trinajstić information content (AvgIpc) is 2.16. The molecular formula is C11H11FO3. The van der Waals surface area contributed by atoms with E-state index in [1.54, 1.807) is 0 Å². The monoisotopic (exact) mass is 210 g/mol. The van der Waals surface area contributed by atoms with E-state index in [1.165, 1.54) is 26.2 Å². The molecule has 0 aliphatic heterocycles. The predicted octanol–water partition coefficient (Wildman–Crippen LogP) is 1.74. The van der Waals surface area contributed by atoms with Gasteiger partial charge in [-0.15, -0.1) is 0 Å². The van der Waals surface area contributed by atoms with Crippen LogP contribution in [0.1, 0.15) is 22.8 Å². The molecule has 1 rings (SSSR count).